The van der Waals surface area contributed by atoms with Crippen molar-refractivity contribution in [2.75, 3.05) is 4.90 Å². The first kappa shape index (κ1) is 46.1. The summed E-state index contributed by atoms with van der Waals surface area (Å²) in [6.07, 6.45) is 24.6. The predicted octanol–water partition coefficient (Wildman–Crippen LogP) is 14.7. The quantitative estimate of drug-likeness (QED) is 0.0878. The number of rotatable bonds is 16. The number of aromatic nitrogens is 1. The molecule has 0 fully saturated rings. The molecule has 0 atom stereocenters. The molecule has 0 radical (unpaired) electrons. The third-order valence-electron chi connectivity index (χ3n) is 12.3. The van der Waals surface area contributed by atoms with Gasteiger partial charge in [-0.2, -0.15) is 0 Å². The highest BCUT2D eigenvalue weighted by Gasteiger charge is 2.19. The lowest BCUT2D eigenvalue weighted by atomic mass is 9.98. The van der Waals surface area contributed by atoms with E-state index >= 15 is 0 Å². The smallest absolute Gasteiger partial charge is 0.0619 e. The molecule has 1 aromatic heterocycles. The van der Waals surface area contributed by atoms with E-state index in [0.717, 1.165) is 84.2 Å². The molecule has 68 heavy (non-hydrogen) atoms. The van der Waals surface area contributed by atoms with Gasteiger partial charge in [-0.05, 0) is 130 Å². The van der Waals surface area contributed by atoms with Crippen LogP contribution in [0, 0.1) is 0 Å². The molecule has 8 aromatic rings. The van der Waals surface area contributed by atoms with Gasteiger partial charge < -0.3 is 9.47 Å². The van der Waals surface area contributed by atoms with E-state index in [9.17, 15) is 0 Å². The molecule has 7 aromatic carbocycles. The van der Waals surface area contributed by atoms with Crippen LogP contribution in [0.2, 0.25) is 0 Å². The van der Waals surface area contributed by atoms with Crippen molar-refractivity contribution in [3.05, 3.63) is 281 Å². The van der Waals surface area contributed by atoms with E-state index in [4.69, 9.17) is 0 Å². The number of allylic oxidation sites excluding steroid dienone is 12. The fourth-order valence-electron chi connectivity index (χ4n) is 8.78. The summed E-state index contributed by atoms with van der Waals surface area (Å²) in [6, 6.07) is 57.8. The van der Waals surface area contributed by atoms with E-state index in [-0.39, 0.29) is 0 Å². The third kappa shape index (κ3) is 10.3. The van der Waals surface area contributed by atoms with Crippen molar-refractivity contribution in [3.8, 4) is 11.1 Å². The number of hydrogen-bond donors (Lipinski definition) is 0. The van der Waals surface area contributed by atoms with Crippen LogP contribution in [0.3, 0.4) is 0 Å². The van der Waals surface area contributed by atoms with Crippen LogP contribution in [-0.2, 0) is 6.42 Å². The molecule has 0 spiro atoms. The van der Waals surface area contributed by atoms with E-state index in [2.05, 4.69) is 219 Å². The number of aryl methyl sites for hydroxylation is 1. The van der Waals surface area contributed by atoms with Gasteiger partial charge in [0.25, 0.3) is 0 Å². The number of anilines is 2. The zero-order valence-corrected chi connectivity index (χ0v) is 39.3. The van der Waals surface area contributed by atoms with Crippen LogP contribution in [0.25, 0.3) is 75.1 Å². The highest BCUT2D eigenvalue weighted by atomic mass is 15.1. The third-order valence-corrected chi connectivity index (χ3v) is 12.3. The molecule has 0 N–H and O–H groups in total. The second-order valence-electron chi connectivity index (χ2n) is 16.9. The summed E-state index contributed by atoms with van der Waals surface area (Å²) < 4.78 is 2.33. The van der Waals surface area contributed by atoms with Crippen molar-refractivity contribution in [1.29, 1.82) is 0 Å². The SMILES string of the molecule is C=C/C=C\C(=C/CCc1cccc2c1c1cccc(-c3ccccc3)c1n2C(=C)/C=C\C=C/C)N(c1ccc(C(=C)/C=c2/ccccc2=C)cc1)c1ccc(/C(C)=C/C=c2/ccccc2=C)cc1. The van der Waals surface area contributed by atoms with Gasteiger partial charge in [-0.25, -0.2) is 0 Å². The van der Waals surface area contributed by atoms with Crippen LogP contribution in [0.4, 0.5) is 11.4 Å². The molecule has 8 rings (SSSR count). The van der Waals surface area contributed by atoms with Crippen LogP contribution >= 0.6 is 0 Å². The monoisotopic (exact) mass is 878 g/mol. The second-order valence-corrected chi connectivity index (χ2v) is 16.9. The van der Waals surface area contributed by atoms with Gasteiger partial charge in [0.1, 0.15) is 0 Å². The van der Waals surface area contributed by atoms with Gasteiger partial charge >= 0.3 is 0 Å². The average Bonchev–Trinajstić information content (AvgIpc) is 3.72. The first-order valence-electron chi connectivity index (χ1n) is 23.2. The van der Waals surface area contributed by atoms with Crippen LogP contribution in [-0.4, -0.2) is 4.57 Å². The van der Waals surface area contributed by atoms with Gasteiger partial charge in [0.2, 0.25) is 0 Å². The molecule has 0 amide bonds. The number of nitrogens with zero attached hydrogens (tertiary/aromatic N) is 2. The summed E-state index contributed by atoms with van der Waals surface area (Å²) in [4.78, 5) is 2.33. The Morgan fingerprint density at radius 2 is 1.28 bits per heavy atom. The summed E-state index contributed by atoms with van der Waals surface area (Å²) in [6.45, 7) is 25.7. The highest BCUT2D eigenvalue weighted by Crippen LogP contribution is 2.40. The maximum atomic E-state index is 4.60. The Labute approximate surface area is 402 Å². The van der Waals surface area contributed by atoms with E-state index in [1.165, 1.54) is 33.0 Å². The first-order valence-corrected chi connectivity index (χ1v) is 23.2. The average molecular weight is 879 g/mol. The fourth-order valence-corrected chi connectivity index (χ4v) is 8.78. The molecule has 2 heteroatoms. The largest absolute Gasteiger partial charge is 0.311 e. The minimum absolute atomic E-state index is 0.789. The van der Waals surface area contributed by atoms with Crippen molar-refractivity contribution in [2.45, 2.75) is 26.7 Å². The molecule has 2 nitrogen and oxygen atoms in total. The van der Waals surface area contributed by atoms with Gasteiger partial charge in [-0.15, -0.1) is 0 Å². The zero-order valence-electron chi connectivity index (χ0n) is 39.3. The fraction of sp³-hybridized carbons (Fsp3) is 0.0606. The molecule has 0 saturated carbocycles. The van der Waals surface area contributed by atoms with E-state index in [1.807, 2.05) is 67.6 Å². The molecule has 0 bridgehead atoms. The molecule has 0 aliphatic carbocycles. The topological polar surface area (TPSA) is 8.17 Å². The van der Waals surface area contributed by atoms with E-state index in [1.54, 1.807) is 0 Å². The number of fused-ring (bicyclic) bond motifs is 3. The summed E-state index contributed by atoms with van der Waals surface area (Å²) in [7, 11) is 0. The van der Waals surface area contributed by atoms with Crippen LogP contribution in [0.5, 0.6) is 0 Å². The first-order chi connectivity index (χ1) is 33.2. The van der Waals surface area contributed by atoms with E-state index in [0.29, 0.717) is 0 Å². The Balaban J connectivity index is 1.20. The maximum absolute atomic E-state index is 4.60. The normalized spacial score (nSPS) is 12.9. The van der Waals surface area contributed by atoms with Gasteiger partial charge in [0.15, 0.2) is 0 Å². The van der Waals surface area contributed by atoms with Crippen molar-refractivity contribution in [2.24, 2.45) is 0 Å². The standard InChI is InChI=1S/C66H58N2/c1-8-10-13-25-52(7)67-64-36-21-31-57(65(64)63-35-22-34-62(66(63)67)56-27-14-12-15-28-56)30-20-33-59(32-11-9-2)68(61-45-41-55(42-46-61)51(6)47-58-29-19-17-24-49(58)4)60-43-39-54(40-44-60)50(5)37-38-53-26-18-16-23-48(53)3/h8-19,21-29,31-47H,2-4,6-7,20,30H2,1,5H3/b10-8-,25-13-,32-11-,50-37+,53-38-,58-47-,59-33+. The number of para-hydroxylation sites is 1. The van der Waals surface area contributed by atoms with Crippen LogP contribution in [0.1, 0.15) is 37.0 Å². The summed E-state index contributed by atoms with van der Waals surface area (Å²) in [5, 5.41) is 6.61. The van der Waals surface area contributed by atoms with Crippen molar-refractivity contribution < 1.29 is 0 Å². The van der Waals surface area contributed by atoms with Gasteiger partial charge in [-0.3, -0.25) is 0 Å². The lowest BCUT2D eigenvalue weighted by molar-refractivity contribution is 0.995. The molecule has 0 aliphatic heterocycles. The minimum Gasteiger partial charge on any atom is -0.311 e. The molecule has 0 unspecified atom stereocenters. The second kappa shape index (κ2) is 21.7. The minimum atomic E-state index is 0.789. The maximum Gasteiger partial charge on any atom is 0.0619 e. The summed E-state index contributed by atoms with van der Waals surface area (Å²) >= 11 is 0. The lowest BCUT2D eigenvalue weighted by Crippen LogP contribution is -2.21. The zero-order chi connectivity index (χ0) is 47.4. The summed E-state index contributed by atoms with van der Waals surface area (Å²) in [5.41, 5.74) is 14.2. The number of hydrogen-bond acceptors (Lipinski definition) is 1. The van der Waals surface area contributed by atoms with E-state index < -0.39 is 0 Å². The van der Waals surface area contributed by atoms with Gasteiger partial charge in [0, 0.05) is 39.1 Å². The Bertz CT molecular complexity index is 3530. The molecule has 1 heterocycles. The number of benzene rings is 7. The van der Waals surface area contributed by atoms with Gasteiger partial charge in [0.05, 0.1) is 11.0 Å². The molecule has 0 saturated heterocycles. The summed E-state index contributed by atoms with van der Waals surface area (Å²) in [5.74, 6) is 0. The Morgan fingerprint density at radius 3 is 1.96 bits per heavy atom. The van der Waals surface area contributed by atoms with Crippen LogP contribution < -0.4 is 25.8 Å². The van der Waals surface area contributed by atoms with Crippen molar-refractivity contribution >= 4 is 75.3 Å². The molecule has 332 valence electrons. The Hall–Kier alpha value is -8.46. The Kier molecular flexibility index (Phi) is 14.7. The predicted molar refractivity (Wildman–Crippen MR) is 299 cm³/mol. The van der Waals surface area contributed by atoms with Crippen molar-refractivity contribution in [3.63, 3.8) is 0 Å². The Morgan fingerprint density at radius 1 is 0.632 bits per heavy atom. The molecular weight excluding hydrogens is 821 g/mol. The highest BCUT2D eigenvalue weighted by molar-refractivity contribution is 6.16. The van der Waals surface area contributed by atoms with Gasteiger partial charge in [-0.1, -0.05) is 215 Å². The lowest BCUT2D eigenvalue weighted by Gasteiger charge is -2.27. The van der Waals surface area contributed by atoms with Crippen molar-refractivity contribution in [1.82, 2.24) is 4.57 Å². The van der Waals surface area contributed by atoms with Crippen LogP contribution in [0.15, 0.2) is 244 Å². The molecular formula is C66H58N2. The molecule has 0 aliphatic rings.